The maximum atomic E-state index is 14.0. The third-order valence-corrected chi connectivity index (χ3v) is 3.73. The van der Waals surface area contributed by atoms with E-state index < -0.39 is 0 Å². The fourth-order valence-electron chi connectivity index (χ4n) is 2.00. The molecule has 1 aromatic heterocycles. The Kier molecular flexibility index (Phi) is 5.45. The summed E-state index contributed by atoms with van der Waals surface area (Å²) in [6.07, 6.45) is 0. The Morgan fingerprint density at radius 1 is 1.38 bits per heavy atom. The highest BCUT2D eigenvalue weighted by atomic mass is 32.1. The van der Waals surface area contributed by atoms with Gasteiger partial charge in [0.05, 0.1) is 10.7 Å². The minimum Gasteiger partial charge on any atom is -0.384 e. The molecule has 2 rings (SSSR count). The molecule has 1 N–H and O–H groups in total. The zero-order valence-electron chi connectivity index (χ0n) is 12.1. The standard InChI is InChI=1S/C16H17FN2OS/c1-12-18-15(11-21-12)10-19(2)9-14-6-5-13(4-3-7-20)8-16(14)17/h5-6,8,11,20H,7,9-10H2,1-2H3. The van der Waals surface area contributed by atoms with Gasteiger partial charge in [0.25, 0.3) is 0 Å². The molecule has 0 fully saturated rings. The minimum atomic E-state index is -0.277. The zero-order valence-corrected chi connectivity index (χ0v) is 12.9. The van der Waals surface area contributed by atoms with Crippen molar-refractivity contribution in [2.75, 3.05) is 13.7 Å². The second kappa shape index (κ2) is 7.32. The van der Waals surface area contributed by atoms with E-state index in [1.807, 2.05) is 24.3 Å². The van der Waals surface area contributed by atoms with Crippen LogP contribution in [0.25, 0.3) is 0 Å². The van der Waals surface area contributed by atoms with Gasteiger partial charge < -0.3 is 5.11 Å². The fraction of sp³-hybridized carbons (Fsp3) is 0.312. The summed E-state index contributed by atoms with van der Waals surface area (Å²) in [5, 5.41) is 11.7. The SMILES string of the molecule is Cc1nc(CN(C)Cc2ccc(C#CCO)cc2F)cs1. The molecule has 0 bridgehead atoms. The molecule has 1 aromatic carbocycles. The third-order valence-electron chi connectivity index (χ3n) is 2.90. The molecule has 0 unspecified atom stereocenters. The largest absolute Gasteiger partial charge is 0.384 e. The van der Waals surface area contributed by atoms with E-state index in [0.29, 0.717) is 24.2 Å². The number of nitrogens with zero attached hydrogens (tertiary/aromatic N) is 2. The molecule has 2 aromatic rings. The summed E-state index contributed by atoms with van der Waals surface area (Å²) < 4.78 is 14.0. The van der Waals surface area contributed by atoms with E-state index in [9.17, 15) is 4.39 Å². The Morgan fingerprint density at radius 2 is 2.19 bits per heavy atom. The van der Waals surface area contributed by atoms with E-state index in [1.54, 1.807) is 23.5 Å². The topological polar surface area (TPSA) is 36.4 Å². The first kappa shape index (κ1) is 15.6. The number of aromatic nitrogens is 1. The molecule has 21 heavy (non-hydrogen) atoms. The van der Waals surface area contributed by atoms with Gasteiger partial charge in [-0.05, 0) is 26.1 Å². The molecule has 3 nitrogen and oxygen atoms in total. The van der Waals surface area contributed by atoms with Gasteiger partial charge in [0.2, 0.25) is 0 Å². The number of aliphatic hydroxyl groups excluding tert-OH is 1. The minimum absolute atomic E-state index is 0.223. The number of benzene rings is 1. The highest BCUT2D eigenvalue weighted by Gasteiger charge is 2.08. The summed E-state index contributed by atoms with van der Waals surface area (Å²) in [6, 6.07) is 4.90. The predicted molar refractivity (Wildman–Crippen MR) is 82.4 cm³/mol. The van der Waals surface area contributed by atoms with Gasteiger partial charge in [-0.1, -0.05) is 17.9 Å². The lowest BCUT2D eigenvalue weighted by molar-refractivity contribution is 0.310. The van der Waals surface area contributed by atoms with Gasteiger partial charge in [-0.3, -0.25) is 4.90 Å². The van der Waals surface area contributed by atoms with Crippen LogP contribution in [-0.2, 0) is 13.1 Å². The van der Waals surface area contributed by atoms with Crippen molar-refractivity contribution in [3.63, 3.8) is 0 Å². The van der Waals surface area contributed by atoms with E-state index in [1.165, 1.54) is 6.07 Å². The lowest BCUT2D eigenvalue weighted by Gasteiger charge is -2.16. The van der Waals surface area contributed by atoms with Gasteiger partial charge >= 0.3 is 0 Å². The second-order valence-corrected chi connectivity index (χ2v) is 5.86. The van der Waals surface area contributed by atoms with Crippen molar-refractivity contribution in [2.24, 2.45) is 0 Å². The molecule has 5 heteroatoms. The first-order valence-corrected chi connectivity index (χ1v) is 7.44. The van der Waals surface area contributed by atoms with Crippen LogP contribution in [0.1, 0.15) is 21.8 Å². The van der Waals surface area contributed by atoms with Gasteiger partial charge in [-0.2, -0.15) is 0 Å². The van der Waals surface area contributed by atoms with Crippen LogP contribution in [0, 0.1) is 24.6 Å². The van der Waals surface area contributed by atoms with Gasteiger partial charge in [0, 0.05) is 29.6 Å². The molecule has 0 saturated carbocycles. The smallest absolute Gasteiger partial charge is 0.128 e. The summed E-state index contributed by atoms with van der Waals surface area (Å²) in [4.78, 5) is 6.42. The number of aliphatic hydroxyl groups is 1. The van der Waals surface area contributed by atoms with Crippen molar-refractivity contribution in [1.82, 2.24) is 9.88 Å². The van der Waals surface area contributed by atoms with Crippen LogP contribution in [0.15, 0.2) is 23.6 Å². The third kappa shape index (κ3) is 4.64. The van der Waals surface area contributed by atoms with Crippen LogP contribution in [0.2, 0.25) is 0 Å². The molecular weight excluding hydrogens is 287 g/mol. The van der Waals surface area contributed by atoms with Crippen LogP contribution in [0.3, 0.4) is 0 Å². The van der Waals surface area contributed by atoms with Gasteiger partial charge in [-0.15, -0.1) is 11.3 Å². The van der Waals surface area contributed by atoms with Crippen LogP contribution in [0.5, 0.6) is 0 Å². The van der Waals surface area contributed by atoms with Crippen molar-refractivity contribution < 1.29 is 9.50 Å². The normalized spacial score (nSPS) is 10.5. The molecule has 0 spiro atoms. The Balaban J connectivity index is 2.02. The van der Waals surface area contributed by atoms with Crippen molar-refractivity contribution in [3.05, 3.63) is 51.2 Å². The fourth-order valence-corrected chi connectivity index (χ4v) is 2.60. The highest BCUT2D eigenvalue weighted by molar-refractivity contribution is 7.09. The van der Waals surface area contributed by atoms with E-state index in [-0.39, 0.29) is 12.4 Å². The van der Waals surface area contributed by atoms with E-state index in [4.69, 9.17) is 5.11 Å². The van der Waals surface area contributed by atoms with Crippen molar-refractivity contribution in [1.29, 1.82) is 0 Å². The van der Waals surface area contributed by atoms with Crippen LogP contribution in [-0.4, -0.2) is 28.6 Å². The molecule has 1 heterocycles. The molecule has 0 aliphatic rings. The van der Waals surface area contributed by atoms with Crippen molar-refractivity contribution in [2.45, 2.75) is 20.0 Å². The van der Waals surface area contributed by atoms with Crippen LogP contribution >= 0.6 is 11.3 Å². The zero-order chi connectivity index (χ0) is 15.2. The monoisotopic (exact) mass is 304 g/mol. The molecule has 0 saturated heterocycles. The molecule has 0 amide bonds. The number of thiazole rings is 1. The van der Waals surface area contributed by atoms with Crippen molar-refractivity contribution in [3.8, 4) is 11.8 Å². The quantitative estimate of drug-likeness (QED) is 0.882. The summed E-state index contributed by atoms with van der Waals surface area (Å²) in [6.45, 7) is 2.95. The summed E-state index contributed by atoms with van der Waals surface area (Å²) in [5.74, 6) is 4.93. The molecule has 110 valence electrons. The number of hydrogen-bond donors (Lipinski definition) is 1. The van der Waals surface area contributed by atoms with E-state index in [2.05, 4.69) is 16.8 Å². The number of halogens is 1. The molecule has 0 aliphatic heterocycles. The second-order valence-electron chi connectivity index (χ2n) is 4.80. The Bertz CT molecular complexity index is 672. The molecule has 0 radical (unpaired) electrons. The van der Waals surface area contributed by atoms with Gasteiger partial charge in [0.15, 0.2) is 0 Å². The maximum absolute atomic E-state index is 14.0. The predicted octanol–water partition coefficient (Wildman–Crippen LogP) is 2.57. The highest BCUT2D eigenvalue weighted by Crippen LogP contribution is 2.15. The average Bonchev–Trinajstić information content (AvgIpc) is 2.84. The summed E-state index contributed by atoms with van der Waals surface area (Å²) >= 11 is 1.62. The number of hydrogen-bond acceptors (Lipinski definition) is 4. The van der Waals surface area contributed by atoms with Crippen molar-refractivity contribution >= 4 is 11.3 Å². The molecule has 0 atom stereocenters. The Labute approximate surface area is 128 Å². The van der Waals surface area contributed by atoms with Gasteiger partial charge in [0.1, 0.15) is 12.4 Å². The lowest BCUT2D eigenvalue weighted by Crippen LogP contribution is -2.18. The number of rotatable bonds is 4. The van der Waals surface area contributed by atoms with E-state index in [0.717, 1.165) is 10.7 Å². The lowest BCUT2D eigenvalue weighted by atomic mass is 10.1. The van der Waals surface area contributed by atoms with Crippen LogP contribution < -0.4 is 0 Å². The first-order valence-electron chi connectivity index (χ1n) is 6.56. The van der Waals surface area contributed by atoms with Crippen LogP contribution in [0.4, 0.5) is 4.39 Å². The molecular formula is C16H17FN2OS. The van der Waals surface area contributed by atoms with E-state index >= 15 is 0 Å². The Morgan fingerprint density at radius 3 is 2.81 bits per heavy atom. The maximum Gasteiger partial charge on any atom is 0.128 e. The first-order chi connectivity index (χ1) is 10.1. The number of aryl methyl sites for hydroxylation is 1. The summed E-state index contributed by atoms with van der Waals surface area (Å²) in [7, 11) is 1.94. The average molecular weight is 304 g/mol. The summed E-state index contributed by atoms with van der Waals surface area (Å²) in [5.41, 5.74) is 2.20. The Hall–Kier alpha value is -1.74. The van der Waals surface area contributed by atoms with Gasteiger partial charge in [-0.25, -0.2) is 9.37 Å². The molecule has 0 aliphatic carbocycles.